The van der Waals surface area contributed by atoms with E-state index in [1.807, 2.05) is 46.9 Å². The number of benzene rings is 1. The second-order valence-electron chi connectivity index (χ2n) is 4.19. The number of hydrogen-bond acceptors (Lipinski definition) is 4. The number of nitrogens with zero attached hydrogens (tertiary/aromatic N) is 2. The minimum Gasteiger partial charge on any atom is -0.294 e. The molecule has 0 spiro atoms. The summed E-state index contributed by atoms with van der Waals surface area (Å²) in [5.41, 5.74) is 3.73. The van der Waals surface area contributed by atoms with Gasteiger partial charge in [-0.05, 0) is 33.7 Å². The van der Waals surface area contributed by atoms with Gasteiger partial charge in [-0.25, -0.2) is 10.8 Å². The van der Waals surface area contributed by atoms with Crippen LogP contribution in [0.2, 0.25) is 0 Å². The molecule has 7 heteroatoms. The first-order chi connectivity index (χ1) is 9.61. The topological polar surface area (TPSA) is 90.0 Å². The zero-order valence-corrected chi connectivity index (χ0v) is 12.7. The van der Waals surface area contributed by atoms with Crippen molar-refractivity contribution in [2.75, 3.05) is 0 Å². The number of hydrogen-bond donors (Lipinski definition) is 2. The van der Waals surface area contributed by atoms with Gasteiger partial charge in [0.25, 0.3) is 5.56 Å². The maximum atomic E-state index is 12.0. The van der Waals surface area contributed by atoms with Gasteiger partial charge >= 0.3 is 0 Å². The van der Waals surface area contributed by atoms with Crippen molar-refractivity contribution in [1.29, 1.82) is 0 Å². The molecular formula is C13H13IN4O2. The molecule has 2 rings (SSSR count). The predicted molar refractivity (Wildman–Crippen MR) is 82.8 cm³/mol. The van der Waals surface area contributed by atoms with E-state index in [1.54, 1.807) is 0 Å². The number of halogens is 1. The maximum Gasteiger partial charge on any atom is 0.267 e. The van der Waals surface area contributed by atoms with Gasteiger partial charge in [-0.15, -0.1) is 0 Å². The van der Waals surface area contributed by atoms with E-state index >= 15 is 0 Å². The lowest BCUT2D eigenvalue weighted by Gasteiger charge is -2.10. The van der Waals surface area contributed by atoms with E-state index in [1.165, 1.54) is 17.1 Å². The van der Waals surface area contributed by atoms with Crippen LogP contribution in [-0.4, -0.2) is 15.5 Å². The average molecular weight is 384 g/mol. The molecule has 0 saturated carbocycles. The van der Waals surface area contributed by atoms with Gasteiger partial charge in [0.2, 0.25) is 5.91 Å². The molecule has 0 aliphatic rings. The fraction of sp³-hybridized carbons (Fsp3) is 0.154. The summed E-state index contributed by atoms with van der Waals surface area (Å²) in [6, 6.07) is 7.44. The van der Waals surface area contributed by atoms with Crippen molar-refractivity contribution in [3.8, 4) is 0 Å². The molecule has 6 nitrogen and oxygen atoms in total. The highest BCUT2D eigenvalue weighted by molar-refractivity contribution is 14.1. The van der Waals surface area contributed by atoms with Crippen molar-refractivity contribution >= 4 is 28.5 Å². The van der Waals surface area contributed by atoms with Crippen molar-refractivity contribution in [1.82, 2.24) is 15.0 Å². The smallest absolute Gasteiger partial charge is 0.267 e. The summed E-state index contributed by atoms with van der Waals surface area (Å²) in [6.45, 7) is 0.372. The maximum absolute atomic E-state index is 12.0. The third-order valence-corrected chi connectivity index (χ3v) is 3.57. The highest BCUT2D eigenvalue weighted by atomic mass is 127. The van der Waals surface area contributed by atoms with Gasteiger partial charge in [0.15, 0.2) is 0 Å². The molecule has 2 aromatic rings. The Labute approximate surface area is 129 Å². The van der Waals surface area contributed by atoms with Crippen LogP contribution in [0.5, 0.6) is 0 Å². The fourth-order valence-corrected chi connectivity index (χ4v) is 2.30. The summed E-state index contributed by atoms with van der Waals surface area (Å²) in [7, 11) is 0. The Morgan fingerprint density at radius 2 is 2.05 bits per heavy atom. The number of rotatable bonds is 4. The van der Waals surface area contributed by atoms with Gasteiger partial charge in [0.1, 0.15) is 0 Å². The SMILES string of the molecule is NNC(=O)Cc1ccccc1Cn1cncc(I)c1=O. The summed E-state index contributed by atoms with van der Waals surface area (Å²) in [5, 5.41) is 0. The molecule has 0 radical (unpaired) electrons. The first-order valence-corrected chi connectivity index (χ1v) is 6.96. The van der Waals surface area contributed by atoms with Gasteiger partial charge in [-0.2, -0.15) is 0 Å². The van der Waals surface area contributed by atoms with Gasteiger partial charge in [-0.3, -0.25) is 19.6 Å². The van der Waals surface area contributed by atoms with Gasteiger partial charge < -0.3 is 0 Å². The van der Waals surface area contributed by atoms with Crippen molar-refractivity contribution in [3.05, 3.63) is 61.8 Å². The molecule has 3 N–H and O–H groups in total. The first-order valence-electron chi connectivity index (χ1n) is 5.88. The molecular weight excluding hydrogens is 371 g/mol. The Bertz CT molecular complexity index is 684. The summed E-state index contributed by atoms with van der Waals surface area (Å²) >= 11 is 1.95. The Morgan fingerprint density at radius 3 is 2.75 bits per heavy atom. The molecule has 0 aliphatic carbocycles. The van der Waals surface area contributed by atoms with E-state index in [4.69, 9.17) is 5.84 Å². The third-order valence-electron chi connectivity index (χ3n) is 2.83. The monoisotopic (exact) mass is 384 g/mol. The molecule has 1 aromatic carbocycles. The number of nitrogens with one attached hydrogen (secondary N) is 1. The van der Waals surface area contributed by atoms with Gasteiger partial charge in [-0.1, -0.05) is 24.3 Å². The van der Waals surface area contributed by atoms with Crippen LogP contribution in [0.3, 0.4) is 0 Å². The number of amides is 1. The molecule has 1 amide bonds. The lowest BCUT2D eigenvalue weighted by molar-refractivity contribution is -0.120. The Hall–Kier alpha value is -1.74. The minimum absolute atomic E-state index is 0.0984. The Balaban J connectivity index is 2.32. The molecule has 20 heavy (non-hydrogen) atoms. The van der Waals surface area contributed by atoms with Crippen LogP contribution in [0, 0.1) is 3.57 Å². The normalized spacial score (nSPS) is 10.3. The second kappa shape index (κ2) is 6.62. The zero-order chi connectivity index (χ0) is 14.5. The van der Waals surface area contributed by atoms with E-state index in [0.29, 0.717) is 10.1 Å². The largest absolute Gasteiger partial charge is 0.294 e. The van der Waals surface area contributed by atoms with Crippen LogP contribution in [-0.2, 0) is 17.8 Å². The summed E-state index contributed by atoms with van der Waals surface area (Å²) in [6.07, 6.45) is 3.19. The van der Waals surface area contributed by atoms with E-state index in [2.05, 4.69) is 10.4 Å². The zero-order valence-electron chi connectivity index (χ0n) is 10.5. The summed E-state index contributed by atoms with van der Waals surface area (Å²) in [5.74, 6) is 4.83. The van der Waals surface area contributed by atoms with Crippen molar-refractivity contribution in [2.45, 2.75) is 13.0 Å². The van der Waals surface area contributed by atoms with Crippen LogP contribution in [0.25, 0.3) is 0 Å². The van der Waals surface area contributed by atoms with Crippen molar-refractivity contribution in [2.24, 2.45) is 5.84 Å². The third kappa shape index (κ3) is 3.42. The minimum atomic E-state index is -0.273. The molecule has 0 atom stereocenters. The molecule has 1 aromatic heterocycles. The van der Waals surface area contributed by atoms with E-state index in [-0.39, 0.29) is 17.9 Å². The van der Waals surface area contributed by atoms with Crippen LogP contribution in [0.4, 0.5) is 0 Å². The highest BCUT2D eigenvalue weighted by Gasteiger charge is 2.08. The van der Waals surface area contributed by atoms with Crippen LogP contribution < -0.4 is 16.8 Å². The fourth-order valence-electron chi connectivity index (χ4n) is 1.83. The van der Waals surface area contributed by atoms with E-state index in [0.717, 1.165) is 11.1 Å². The summed E-state index contributed by atoms with van der Waals surface area (Å²) in [4.78, 5) is 27.4. The Morgan fingerprint density at radius 1 is 1.35 bits per heavy atom. The van der Waals surface area contributed by atoms with Crippen LogP contribution in [0.15, 0.2) is 41.6 Å². The molecule has 0 aliphatic heterocycles. The number of carbonyl (C=O) groups is 1. The van der Waals surface area contributed by atoms with Gasteiger partial charge in [0.05, 0.1) is 22.9 Å². The standard InChI is InChI=1S/C13H13IN4O2/c14-11-6-16-8-18(13(11)20)7-10-4-2-1-3-9(10)5-12(19)17-15/h1-4,6,8H,5,7,15H2,(H,17,19). The highest BCUT2D eigenvalue weighted by Crippen LogP contribution is 2.11. The lowest BCUT2D eigenvalue weighted by atomic mass is 10.0. The van der Waals surface area contributed by atoms with Crippen LogP contribution in [0.1, 0.15) is 11.1 Å². The lowest BCUT2D eigenvalue weighted by Crippen LogP contribution is -2.32. The van der Waals surface area contributed by atoms with Gasteiger partial charge in [0, 0.05) is 6.20 Å². The van der Waals surface area contributed by atoms with E-state index in [9.17, 15) is 9.59 Å². The quantitative estimate of drug-likeness (QED) is 0.346. The molecule has 104 valence electrons. The number of carbonyl (C=O) groups excluding carboxylic acids is 1. The number of hydrazine groups is 1. The number of nitrogens with two attached hydrogens (primary N) is 1. The molecule has 0 unspecified atom stereocenters. The summed E-state index contributed by atoms with van der Waals surface area (Å²) < 4.78 is 2.07. The van der Waals surface area contributed by atoms with Crippen molar-refractivity contribution in [3.63, 3.8) is 0 Å². The predicted octanol–water partition coefficient (Wildman–Crippen LogP) is 0.429. The van der Waals surface area contributed by atoms with E-state index < -0.39 is 0 Å². The second-order valence-corrected chi connectivity index (χ2v) is 5.35. The van der Waals surface area contributed by atoms with Crippen molar-refractivity contribution < 1.29 is 4.79 Å². The molecule has 0 fully saturated rings. The van der Waals surface area contributed by atoms with Crippen LogP contribution >= 0.6 is 22.6 Å². The molecule has 0 saturated heterocycles. The molecule has 1 heterocycles. The molecule has 0 bridgehead atoms. The first kappa shape index (κ1) is 14.7. The Kier molecular flexibility index (Phi) is 4.85. The number of aromatic nitrogens is 2. The average Bonchev–Trinajstić information content (AvgIpc) is 2.45.